The van der Waals surface area contributed by atoms with Gasteiger partial charge in [0, 0.05) is 28.9 Å². The van der Waals surface area contributed by atoms with Crippen LogP contribution in [0.15, 0.2) is 24.4 Å². The summed E-state index contributed by atoms with van der Waals surface area (Å²) >= 11 is 12.0. The second-order valence-electron chi connectivity index (χ2n) is 3.15. The number of halogens is 2. The fourth-order valence-corrected chi connectivity index (χ4v) is 1.49. The van der Waals surface area contributed by atoms with Crippen molar-refractivity contribution in [3.05, 3.63) is 40.0 Å². The predicted molar refractivity (Wildman–Crippen MR) is 66.7 cm³/mol. The maximum atomic E-state index is 7.38. The zero-order chi connectivity index (χ0) is 11.4. The fourth-order valence-electron chi connectivity index (χ4n) is 0.968. The van der Waals surface area contributed by atoms with Crippen molar-refractivity contribution in [1.29, 1.82) is 5.41 Å². The lowest BCUT2D eigenvalue weighted by Gasteiger charge is -2.11. The van der Waals surface area contributed by atoms with Crippen molar-refractivity contribution >= 4 is 35.1 Å². The Labute approximate surface area is 99.6 Å². The van der Waals surface area contributed by atoms with Gasteiger partial charge in [0.1, 0.15) is 0 Å². The average molecular weight is 243 g/mol. The van der Waals surface area contributed by atoms with Crippen LogP contribution in [0, 0.1) is 5.41 Å². The molecule has 0 aromatic heterocycles. The first-order valence-corrected chi connectivity index (χ1v) is 5.18. The number of hydrogen-bond acceptors (Lipinski definition) is 1. The summed E-state index contributed by atoms with van der Waals surface area (Å²) in [4.78, 5) is 1.68. The van der Waals surface area contributed by atoms with E-state index < -0.39 is 0 Å². The van der Waals surface area contributed by atoms with Gasteiger partial charge >= 0.3 is 0 Å². The van der Waals surface area contributed by atoms with Crippen molar-refractivity contribution in [3.63, 3.8) is 0 Å². The first kappa shape index (κ1) is 12.1. The van der Waals surface area contributed by atoms with E-state index in [1.165, 1.54) is 0 Å². The summed E-state index contributed by atoms with van der Waals surface area (Å²) < 4.78 is 0. The Morgan fingerprint density at radius 3 is 2.33 bits per heavy atom. The summed E-state index contributed by atoms with van der Waals surface area (Å²) in [5, 5.41) is 8.59. The van der Waals surface area contributed by atoms with E-state index in [4.69, 9.17) is 28.6 Å². The summed E-state index contributed by atoms with van der Waals surface area (Å²) in [6, 6.07) is 5.36. The van der Waals surface area contributed by atoms with Crippen molar-refractivity contribution < 1.29 is 0 Å². The van der Waals surface area contributed by atoms with Crippen LogP contribution in [0.25, 0.3) is 6.08 Å². The molecule has 1 N–H and O–H groups in total. The zero-order valence-corrected chi connectivity index (χ0v) is 10.1. The van der Waals surface area contributed by atoms with Gasteiger partial charge in [0.05, 0.1) is 5.84 Å². The number of benzene rings is 1. The van der Waals surface area contributed by atoms with Gasteiger partial charge in [-0.15, -0.1) is 0 Å². The largest absolute Gasteiger partial charge is 0.340 e. The highest BCUT2D eigenvalue weighted by Crippen LogP contribution is 2.25. The molecule has 2 nitrogen and oxygen atoms in total. The van der Waals surface area contributed by atoms with E-state index in [1.54, 1.807) is 49.3 Å². The first-order chi connectivity index (χ1) is 7.02. The molecule has 0 aliphatic heterocycles. The molecule has 0 amide bonds. The fraction of sp³-hybridized carbons (Fsp3) is 0.182. The minimum atomic E-state index is 0.453. The molecule has 0 spiro atoms. The molecule has 80 valence electrons. The van der Waals surface area contributed by atoms with Gasteiger partial charge < -0.3 is 4.90 Å². The molecular weight excluding hydrogens is 231 g/mol. The van der Waals surface area contributed by atoms with Crippen molar-refractivity contribution in [2.24, 2.45) is 0 Å². The van der Waals surface area contributed by atoms with Gasteiger partial charge in [0.15, 0.2) is 0 Å². The molecular formula is C11H12Cl2N2. The Morgan fingerprint density at radius 1 is 1.33 bits per heavy atom. The van der Waals surface area contributed by atoms with Crippen LogP contribution in [0.5, 0.6) is 0 Å². The Kier molecular flexibility index (Phi) is 4.18. The highest BCUT2D eigenvalue weighted by Gasteiger charge is 2.01. The Morgan fingerprint density at radius 2 is 1.87 bits per heavy atom. The van der Waals surface area contributed by atoms with Crippen molar-refractivity contribution in [2.45, 2.75) is 6.92 Å². The van der Waals surface area contributed by atoms with E-state index in [0.29, 0.717) is 15.9 Å². The molecule has 0 saturated carbocycles. The van der Waals surface area contributed by atoms with Crippen molar-refractivity contribution in [2.75, 3.05) is 7.05 Å². The minimum absolute atomic E-state index is 0.453. The molecule has 0 fully saturated rings. The van der Waals surface area contributed by atoms with E-state index in [1.807, 2.05) is 0 Å². The van der Waals surface area contributed by atoms with Crippen LogP contribution in [0.1, 0.15) is 12.5 Å². The molecule has 0 radical (unpaired) electrons. The molecule has 0 saturated heterocycles. The maximum Gasteiger partial charge on any atom is 0.0963 e. The van der Waals surface area contributed by atoms with E-state index >= 15 is 0 Å². The standard InChI is InChI=1S/C11H12Cl2N2/c1-8(14)15(2)7-6-9-10(12)4-3-5-11(9)13/h3-7,14H,1-2H3/b7-6+,14-8?. The topological polar surface area (TPSA) is 27.1 Å². The van der Waals surface area contributed by atoms with Gasteiger partial charge in [-0.3, -0.25) is 5.41 Å². The zero-order valence-electron chi connectivity index (χ0n) is 8.59. The summed E-state index contributed by atoms with van der Waals surface area (Å²) in [5.74, 6) is 0.453. The lowest BCUT2D eigenvalue weighted by molar-refractivity contribution is 0.682. The van der Waals surface area contributed by atoms with Crippen LogP contribution in [-0.2, 0) is 0 Å². The summed E-state index contributed by atoms with van der Waals surface area (Å²) in [6.45, 7) is 1.71. The van der Waals surface area contributed by atoms with Crippen LogP contribution in [-0.4, -0.2) is 17.8 Å². The minimum Gasteiger partial charge on any atom is -0.340 e. The molecule has 0 heterocycles. The van der Waals surface area contributed by atoms with Gasteiger partial charge in [0.2, 0.25) is 0 Å². The van der Waals surface area contributed by atoms with Crippen LogP contribution in [0.2, 0.25) is 10.0 Å². The second-order valence-corrected chi connectivity index (χ2v) is 3.96. The molecule has 0 aliphatic rings. The molecule has 0 atom stereocenters. The third kappa shape index (κ3) is 3.26. The number of nitrogens with zero attached hydrogens (tertiary/aromatic N) is 1. The quantitative estimate of drug-likeness (QED) is 0.619. The third-order valence-corrected chi connectivity index (χ3v) is 2.65. The van der Waals surface area contributed by atoms with Crippen molar-refractivity contribution in [1.82, 2.24) is 4.90 Å². The molecule has 0 aliphatic carbocycles. The van der Waals surface area contributed by atoms with Crippen LogP contribution in [0.3, 0.4) is 0 Å². The van der Waals surface area contributed by atoms with E-state index in [2.05, 4.69) is 0 Å². The predicted octanol–water partition coefficient (Wildman–Crippen LogP) is 3.89. The molecule has 1 rings (SSSR count). The summed E-state index contributed by atoms with van der Waals surface area (Å²) in [6.07, 6.45) is 3.55. The van der Waals surface area contributed by atoms with E-state index in [-0.39, 0.29) is 0 Å². The lowest BCUT2D eigenvalue weighted by Crippen LogP contribution is -2.15. The molecule has 0 bridgehead atoms. The third-order valence-electron chi connectivity index (χ3n) is 1.99. The second kappa shape index (κ2) is 5.19. The smallest absolute Gasteiger partial charge is 0.0963 e. The molecule has 0 unspecified atom stereocenters. The number of nitrogens with one attached hydrogen (secondary N) is 1. The van der Waals surface area contributed by atoms with Crippen LogP contribution in [0.4, 0.5) is 0 Å². The molecule has 4 heteroatoms. The number of rotatable bonds is 2. The number of hydrogen-bond donors (Lipinski definition) is 1. The van der Waals surface area contributed by atoms with Gasteiger partial charge in [0.25, 0.3) is 0 Å². The van der Waals surface area contributed by atoms with Gasteiger partial charge in [-0.25, -0.2) is 0 Å². The monoisotopic (exact) mass is 242 g/mol. The highest BCUT2D eigenvalue weighted by atomic mass is 35.5. The van der Waals surface area contributed by atoms with Crippen LogP contribution < -0.4 is 0 Å². The Balaban J connectivity index is 2.94. The molecule has 1 aromatic carbocycles. The maximum absolute atomic E-state index is 7.38. The summed E-state index contributed by atoms with van der Waals surface area (Å²) in [5.41, 5.74) is 0.772. The molecule has 1 aromatic rings. The van der Waals surface area contributed by atoms with Gasteiger partial charge in [-0.2, -0.15) is 0 Å². The average Bonchev–Trinajstić information content (AvgIpc) is 2.16. The van der Waals surface area contributed by atoms with Gasteiger partial charge in [-0.05, 0) is 25.1 Å². The Bertz CT molecular complexity index is 379. The van der Waals surface area contributed by atoms with Crippen molar-refractivity contribution in [3.8, 4) is 0 Å². The number of amidine groups is 1. The lowest BCUT2D eigenvalue weighted by atomic mass is 10.2. The normalized spacial score (nSPS) is 10.7. The molecule has 15 heavy (non-hydrogen) atoms. The SMILES string of the molecule is CC(=N)N(C)/C=C/c1c(Cl)cccc1Cl. The highest BCUT2D eigenvalue weighted by molar-refractivity contribution is 6.37. The Hall–Kier alpha value is -0.990. The summed E-state index contributed by atoms with van der Waals surface area (Å²) in [7, 11) is 1.80. The van der Waals surface area contributed by atoms with Gasteiger partial charge in [-0.1, -0.05) is 29.3 Å². The van der Waals surface area contributed by atoms with E-state index in [9.17, 15) is 0 Å². The first-order valence-electron chi connectivity index (χ1n) is 4.42. The van der Waals surface area contributed by atoms with Crippen LogP contribution >= 0.6 is 23.2 Å². The van der Waals surface area contributed by atoms with E-state index in [0.717, 1.165) is 5.56 Å².